The van der Waals surface area contributed by atoms with Crippen molar-refractivity contribution >= 4 is 11.8 Å². The molecule has 0 aliphatic carbocycles. The Bertz CT molecular complexity index is 975. The number of aliphatic hydroxyl groups excluding tert-OH is 1. The highest BCUT2D eigenvalue weighted by Gasteiger charge is 2.26. The lowest BCUT2D eigenvalue weighted by Gasteiger charge is -2.21. The zero-order valence-corrected chi connectivity index (χ0v) is 17.7. The summed E-state index contributed by atoms with van der Waals surface area (Å²) in [5.74, 6) is -2.17. The summed E-state index contributed by atoms with van der Waals surface area (Å²) in [5, 5.41) is 28.5. The predicted octanol–water partition coefficient (Wildman–Crippen LogP) is 3.00. The third-order valence-electron chi connectivity index (χ3n) is 5.28. The molecule has 1 aromatic heterocycles. The number of nitrogens with zero attached hydrogens (tertiary/aromatic N) is 2. The van der Waals surface area contributed by atoms with Crippen molar-refractivity contribution in [2.24, 2.45) is 11.8 Å². The van der Waals surface area contributed by atoms with E-state index < -0.39 is 11.9 Å². The van der Waals surface area contributed by atoms with Crippen molar-refractivity contribution in [3.63, 3.8) is 0 Å². The molecular weight excluding hydrogens is 410 g/mol. The first kappa shape index (κ1) is 23.3. The van der Waals surface area contributed by atoms with Gasteiger partial charge >= 0.3 is 5.97 Å². The van der Waals surface area contributed by atoms with Crippen molar-refractivity contribution in [3.05, 3.63) is 72.1 Å². The maximum atomic E-state index is 12.6. The highest BCUT2D eigenvalue weighted by Crippen LogP contribution is 2.25. The number of carboxylic acids is 1. The largest absolute Gasteiger partial charge is 0.481 e. The third-order valence-corrected chi connectivity index (χ3v) is 5.28. The minimum absolute atomic E-state index is 0.0164. The number of carbonyl (C=O) groups is 2. The van der Waals surface area contributed by atoms with Crippen molar-refractivity contribution in [1.29, 1.82) is 0 Å². The second-order valence-electron chi connectivity index (χ2n) is 7.69. The molecule has 8 heteroatoms. The number of hydrogen-bond acceptors (Lipinski definition) is 6. The Kier molecular flexibility index (Phi) is 8.65. The Balaban J connectivity index is 1.73. The lowest BCUT2D eigenvalue weighted by Crippen LogP contribution is -2.25. The molecule has 3 aromatic rings. The predicted molar refractivity (Wildman–Crippen MR) is 118 cm³/mol. The number of nitrogens with one attached hydrogen (secondary N) is 1. The fourth-order valence-corrected chi connectivity index (χ4v) is 3.67. The van der Waals surface area contributed by atoms with Crippen molar-refractivity contribution in [3.8, 4) is 11.1 Å². The van der Waals surface area contributed by atoms with Crippen LogP contribution in [0.2, 0.25) is 0 Å². The van der Waals surface area contributed by atoms with Crippen LogP contribution in [0, 0.1) is 11.8 Å². The molecule has 2 aromatic carbocycles. The zero-order valence-electron chi connectivity index (χ0n) is 17.7. The number of carboxylic acid groups (broad SMARTS) is 1. The quantitative estimate of drug-likeness (QED) is 0.277. The second-order valence-corrected chi connectivity index (χ2v) is 7.69. The second kappa shape index (κ2) is 11.9. The Morgan fingerprint density at radius 3 is 2.38 bits per heavy atom. The first-order valence-electron chi connectivity index (χ1n) is 10.5. The molecule has 3 rings (SSSR count). The number of aromatic amines is 1. The summed E-state index contributed by atoms with van der Waals surface area (Å²) in [6, 6.07) is 18.1. The number of H-pyrrole nitrogens is 1. The number of rotatable bonds is 13. The smallest absolute Gasteiger partial charge is 0.308 e. The third kappa shape index (κ3) is 6.83. The van der Waals surface area contributed by atoms with E-state index in [1.54, 1.807) is 0 Å². The van der Waals surface area contributed by atoms with E-state index >= 15 is 0 Å². The Morgan fingerprint density at radius 2 is 1.75 bits per heavy atom. The molecule has 0 bridgehead atoms. The van der Waals surface area contributed by atoms with Gasteiger partial charge in [0.15, 0.2) is 5.78 Å². The minimum Gasteiger partial charge on any atom is -0.481 e. The SMILES string of the molecule is O=C(C[C@H](Cc1ccc(-c2ccccc2)cc1)C[C@@H](COCCO)C(=O)O)c1cn[nH]n1. The maximum absolute atomic E-state index is 12.6. The molecule has 2 atom stereocenters. The Labute approximate surface area is 186 Å². The Morgan fingerprint density at radius 1 is 1.03 bits per heavy atom. The van der Waals surface area contributed by atoms with E-state index in [0.29, 0.717) is 6.42 Å². The monoisotopic (exact) mass is 437 g/mol. The molecule has 0 radical (unpaired) electrons. The zero-order chi connectivity index (χ0) is 22.8. The lowest BCUT2D eigenvalue weighted by atomic mass is 9.85. The fraction of sp³-hybridized carbons (Fsp3) is 0.333. The normalized spacial score (nSPS) is 12.9. The van der Waals surface area contributed by atoms with Crippen LogP contribution in [-0.2, 0) is 16.0 Å². The molecule has 0 aliphatic rings. The van der Waals surface area contributed by atoms with Gasteiger partial charge in [-0.3, -0.25) is 9.59 Å². The van der Waals surface area contributed by atoms with E-state index in [-0.39, 0.29) is 50.1 Å². The van der Waals surface area contributed by atoms with Gasteiger partial charge in [-0.2, -0.15) is 15.4 Å². The van der Waals surface area contributed by atoms with Crippen LogP contribution in [0.3, 0.4) is 0 Å². The van der Waals surface area contributed by atoms with E-state index in [1.165, 1.54) is 6.20 Å². The lowest BCUT2D eigenvalue weighted by molar-refractivity contribution is -0.144. The summed E-state index contributed by atoms with van der Waals surface area (Å²) in [7, 11) is 0. The number of aliphatic carboxylic acids is 1. The summed E-state index contributed by atoms with van der Waals surface area (Å²) in [5.41, 5.74) is 3.45. The molecule has 8 nitrogen and oxygen atoms in total. The number of hydrogen-bond donors (Lipinski definition) is 3. The standard InChI is InChI=1S/C24H27N3O5/c28-10-11-32-16-21(24(30)31)13-18(14-23(29)22-15-25-27-26-22)12-17-6-8-20(9-7-17)19-4-2-1-3-5-19/h1-9,15,18,21,28H,10-14,16H2,(H,30,31)(H,25,26,27)/t18-,21+/m1/s1. The number of benzene rings is 2. The van der Waals surface area contributed by atoms with Gasteiger partial charge in [0.05, 0.1) is 31.9 Å². The van der Waals surface area contributed by atoms with Gasteiger partial charge in [-0.1, -0.05) is 54.6 Å². The van der Waals surface area contributed by atoms with Crippen molar-refractivity contribution < 1.29 is 24.5 Å². The van der Waals surface area contributed by atoms with Gasteiger partial charge in [-0.05, 0) is 35.4 Å². The first-order valence-corrected chi connectivity index (χ1v) is 10.5. The highest BCUT2D eigenvalue weighted by atomic mass is 16.5. The maximum Gasteiger partial charge on any atom is 0.308 e. The van der Waals surface area contributed by atoms with Gasteiger partial charge in [0, 0.05) is 6.42 Å². The average molecular weight is 437 g/mol. The number of Topliss-reactive ketones (excluding diaryl/α,β-unsaturated/α-hetero) is 1. The molecule has 0 fully saturated rings. The average Bonchev–Trinajstić information content (AvgIpc) is 3.35. The molecule has 168 valence electrons. The molecule has 0 amide bonds. The molecule has 3 N–H and O–H groups in total. The topological polar surface area (TPSA) is 125 Å². The summed E-state index contributed by atoms with van der Waals surface area (Å²) in [6.07, 6.45) is 2.33. The number of ketones is 1. The van der Waals surface area contributed by atoms with Crippen molar-refractivity contribution in [2.75, 3.05) is 19.8 Å². The summed E-state index contributed by atoms with van der Waals surface area (Å²) < 4.78 is 5.26. The number of aliphatic hydroxyl groups is 1. The van der Waals surface area contributed by atoms with Crippen molar-refractivity contribution in [1.82, 2.24) is 15.4 Å². The molecule has 0 saturated carbocycles. The van der Waals surface area contributed by atoms with Crippen LogP contribution in [0.1, 0.15) is 28.9 Å². The van der Waals surface area contributed by atoms with Gasteiger partial charge in [-0.25, -0.2) is 0 Å². The summed E-state index contributed by atoms with van der Waals surface area (Å²) in [6.45, 7) is -0.112. The van der Waals surface area contributed by atoms with Crippen LogP contribution in [0.4, 0.5) is 0 Å². The van der Waals surface area contributed by atoms with Crippen LogP contribution in [0.15, 0.2) is 60.8 Å². The summed E-state index contributed by atoms with van der Waals surface area (Å²) >= 11 is 0. The molecule has 0 unspecified atom stereocenters. The molecule has 1 heterocycles. The van der Waals surface area contributed by atoms with Crippen molar-refractivity contribution in [2.45, 2.75) is 19.3 Å². The van der Waals surface area contributed by atoms with Crippen LogP contribution >= 0.6 is 0 Å². The van der Waals surface area contributed by atoms with E-state index in [1.807, 2.05) is 54.6 Å². The van der Waals surface area contributed by atoms with Crippen LogP contribution in [0.25, 0.3) is 11.1 Å². The van der Waals surface area contributed by atoms with E-state index in [0.717, 1.165) is 16.7 Å². The Hall–Kier alpha value is -3.36. The van der Waals surface area contributed by atoms with E-state index in [9.17, 15) is 14.7 Å². The van der Waals surface area contributed by atoms with Crippen LogP contribution in [-0.4, -0.2) is 57.2 Å². The minimum atomic E-state index is -0.985. The fourth-order valence-electron chi connectivity index (χ4n) is 3.67. The molecule has 0 aliphatic heterocycles. The van der Waals surface area contributed by atoms with Gasteiger partial charge in [0.2, 0.25) is 0 Å². The summed E-state index contributed by atoms with van der Waals surface area (Å²) in [4.78, 5) is 24.4. The highest BCUT2D eigenvalue weighted by molar-refractivity contribution is 5.94. The number of ether oxygens (including phenoxy) is 1. The van der Waals surface area contributed by atoms with Crippen LogP contribution < -0.4 is 0 Å². The first-order chi connectivity index (χ1) is 15.6. The number of aromatic nitrogens is 3. The van der Waals surface area contributed by atoms with Gasteiger partial charge < -0.3 is 14.9 Å². The molecule has 0 saturated heterocycles. The van der Waals surface area contributed by atoms with Crippen LogP contribution in [0.5, 0.6) is 0 Å². The molecular formula is C24H27N3O5. The van der Waals surface area contributed by atoms with E-state index in [2.05, 4.69) is 15.4 Å². The molecule has 0 spiro atoms. The van der Waals surface area contributed by atoms with E-state index in [4.69, 9.17) is 9.84 Å². The number of carbonyl (C=O) groups excluding carboxylic acids is 1. The van der Waals surface area contributed by atoms with Gasteiger partial charge in [0.1, 0.15) is 5.69 Å². The molecule has 32 heavy (non-hydrogen) atoms. The van der Waals surface area contributed by atoms with Gasteiger partial charge in [0.25, 0.3) is 0 Å². The van der Waals surface area contributed by atoms with Gasteiger partial charge in [-0.15, -0.1) is 0 Å².